The number of amides is 1. The summed E-state index contributed by atoms with van der Waals surface area (Å²) >= 11 is 1.63. The molecule has 0 radical (unpaired) electrons. The third kappa shape index (κ3) is 3.11. The fourth-order valence-electron chi connectivity index (χ4n) is 3.52. The van der Waals surface area contributed by atoms with Crippen LogP contribution >= 0.6 is 11.3 Å². The number of likely N-dealkylation sites (tertiary alicyclic amines) is 1. The number of fused-ring (bicyclic) bond motifs is 1. The number of pyridine rings is 1. The number of carbonyl (C=O) groups excluding carboxylic acids is 1. The molecular weight excluding hydrogens is 334 g/mol. The first kappa shape index (κ1) is 16.1. The van der Waals surface area contributed by atoms with Gasteiger partial charge in [-0.15, -0.1) is 0 Å². The Balaban J connectivity index is 1.52. The summed E-state index contributed by atoms with van der Waals surface area (Å²) in [7, 11) is 1.85. The standard InChI is InChI=1S/C18H21N5OS/c1-22-18-14(17(19)21-22)4-5-15(20-18)13-3-2-7-23(10-13)16(24)9-12-6-8-25-11-12/h4-6,8,11,13H,2-3,7,9-10H2,1H3,(H2,19,21). The van der Waals surface area contributed by atoms with Gasteiger partial charge in [-0.2, -0.15) is 16.4 Å². The zero-order valence-electron chi connectivity index (χ0n) is 14.2. The van der Waals surface area contributed by atoms with Crippen molar-refractivity contribution in [2.45, 2.75) is 25.2 Å². The highest BCUT2D eigenvalue weighted by Gasteiger charge is 2.26. The first-order chi connectivity index (χ1) is 12.1. The van der Waals surface area contributed by atoms with E-state index in [1.807, 2.05) is 40.9 Å². The van der Waals surface area contributed by atoms with Crippen molar-refractivity contribution in [2.75, 3.05) is 18.8 Å². The van der Waals surface area contributed by atoms with Gasteiger partial charge in [0.2, 0.25) is 5.91 Å². The number of carbonyl (C=O) groups is 1. The van der Waals surface area contributed by atoms with E-state index in [-0.39, 0.29) is 11.8 Å². The van der Waals surface area contributed by atoms with Crippen LogP contribution in [-0.2, 0) is 18.3 Å². The molecule has 1 amide bonds. The molecule has 1 aliphatic rings. The zero-order valence-corrected chi connectivity index (χ0v) is 15.0. The summed E-state index contributed by atoms with van der Waals surface area (Å²) in [4.78, 5) is 19.3. The molecule has 25 heavy (non-hydrogen) atoms. The molecule has 1 saturated heterocycles. The molecule has 0 aliphatic carbocycles. The summed E-state index contributed by atoms with van der Waals surface area (Å²) in [5.74, 6) is 0.974. The molecule has 4 rings (SSSR count). The lowest BCUT2D eigenvalue weighted by Crippen LogP contribution is -2.40. The Morgan fingerprint density at radius 1 is 1.40 bits per heavy atom. The third-order valence-corrected chi connectivity index (χ3v) is 5.60. The van der Waals surface area contributed by atoms with E-state index in [1.54, 1.807) is 16.0 Å². The van der Waals surface area contributed by atoms with Gasteiger partial charge < -0.3 is 10.6 Å². The topological polar surface area (TPSA) is 77.0 Å². The van der Waals surface area contributed by atoms with Crippen LogP contribution in [0.1, 0.15) is 30.0 Å². The van der Waals surface area contributed by atoms with Crippen LogP contribution in [-0.4, -0.2) is 38.7 Å². The second kappa shape index (κ2) is 6.48. The molecule has 2 N–H and O–H groups in total. The molecule has 130 valence electrons. The summed E-state index contributed by atoms with van der Waals surface area (Å²) in [6.07, 6.45) is 2.54. The number of hydrogen-bond donors (Lipinski definition) is 1. The van der Waals surface area contributed by atoms with Gasteiger partial charge in [-0.05, 0) is 47.4 Å². The molecule has 1 aliphatic heterocycles. The number of piperidine rings is 1. The van der Waals surface area contributed by atoms with Gasteiger partial charge in [-0.25, -0.2) is 9.67 Å². The van der Waals surface area contributed by atoms with Crippen molar-refractivity contribution in [1.82, 2.24) is 19.7 Å². The summed E-state index contributed by atoms with van der Waals surface area (Å²) < 4.78 is 1.72. The zero-order chi connectivity index (χ0) is 17.4. The first-order valence-corrected chi connectivity index (χ1v) is 9.44. The number of nitrogen functional groups attached to an aromatic ring is 1. The number of nitrogens with zero attached hydrogens (tertiary/aromatic N) is 4. The fourth-order valence-corrected chi connectivity index (χ4v) is 4.19. The van der Waals surface area contributed by atoms with Crippen LogP contribution in [0.3, 0.4) is 0 Å². The molecular formula is C18H21N5OS. The molecule has 6 nitrogen and oxygen atoms in total. The van der Waals surface area contributed by atoms with E-state index in [0.717, 1.165) is 48.2 Å². The van der Waals surface area contributed by atoms with E-state index in [0.29, 0.717) is 12.2 Å². The molecule has 3 aromatic rings. The van der Waals surface area contributed by atoms with Gasteiger partial charge in [0.1, 0.15) is 0 Å². The Morgan fingerprint density at radius 2 is 2.28 bits per heavy atom. The number of aryl methyl sites for hydroxylation is 1. The number of thiophene rings is 1. The second-order valence-corrected chi connectivity index (χ2v) is 7.38. The molecule has 1 fully saturated rings. The van der Waals surface area contributed by atoms with Crippen LogP contribution < -0.4 is 5.73 Å². The van der Waals surface area contributed by atoms with Crippen molar-refractivity contribution in [3.63, 3.8) is 0 Å². The minimum atomic E-state index is 0.203. The number of nitrogens with two attached hydrogens (primary N) is 1. The second-order valence-electron chi connectivity index (χ2n) is 6.60. The minimum absolute atomic E-state index is 0.203. The lowest BCUT2D eigenvalue weighted by atomic mass is 9.93. The van der Waals surface area contributed by atoms with Crippen molar-refractivity contribution in [2.24, 2.45) is 7.05 Å². The third-order valence-electron chi connectivity index (χ3n) is 4.86. The van der Waals surface area contributed by atoms with Crippen molar-refractivity contribution < 1.29 is 4.79 Å². The fraction of sp³-hybridized carbons (Fsp3) is 0.389. The van der Waals surface area contributed by atoms with Gasteiger partial charge in [0.15, 0.2) is 11.5 Å². The van der Waals surface area contributed by atoms with Crippen LogP contribution in [0.15, 0.2) is 29.0 Å². The maximum absolute atomic E-state index is 12.6. The number of aromatic nitrogens is 3. The smallest absolute Gasteiger partial charge is 0.227 e. The Labute approximate surface area is 150 Å². The highest BCUT2D eigenvalue weighted by atomic mass is 32.1. The average molecular weight is 355 g/mol. The molecule has 4 heterocycles. The van der Waals surface area contributed by atoms with Crippen LogP contribution in [0.25, 0.3) is 11.0 Å². The van der Waals surface area contributed by atoms with Gasteiger partial charge in [-0.1, -0.05) is 0 Å². The number of hydrogen-bond acceptors (Lipinski definition) is 5. The largest absolute Gasteiger partial charge is 0.382 e. The maximum atomic E-state index is 12.6. The first-order valence-electron chi connectivity index (χ1n) is 8.50. The normalized spacial score (nSPS) is 18.0. The Morgan fingerprint density at radius 3 is 3.08 bits per heavy atom. The van der Waals surface area contributed by atoms with E-state index < -0.39 is 0 Å². The molecule has 7 heteroatoms. The molecule has 1 atom stereocenters. The summed E-state index contributed by atoms with van der Waals surface area (Å²) in [6.45, 7) is 1.56. The van der Waals surface area contributed by atoms with Gasteiger partial charge in [-0.3, -0.25) is 4.79 Å². The number of anilines is 1. The molecule has 0 saturated carbocycles. The highest BCUT2D eigenvalue weighted by molar-refractivity contribution is 7.08. The lowest BCUT2D eigenvalue weighted by Gasteiger charge is -2.32. The quantitative estimate of drug-likeness (QED) is 0.783. The van der Waals surface area contributed by atoms with Crippen molar-refractivity contribution in [1.29, 1.82) is 0 Å². The highest BCUT2D eigenvalue weighted by Crippen LogP contribution is 2.28. The maximum Gasteiger partial charge on any atom is 0.227 e. The predicted molar refractivity (Wildman–Crippen MR) is 99.5 cm³/mol. The summed E-state index contributed by atoms with van der Waals surface area (Å²) in [6, 6.07) is 6.04. The molecule has 3 aromatic heterocycles. The Kier molecular flexibility index (Phi) is 4.17. The summed E-state index contributed by atoms with van der Waals surface area (Å²) in [5.41, 5.74) is 8.83. The van der Waals surface area contributed by atoms with E-state index in [2.05, 4.69) is 5.10 Å². The van der Waals surface area contributed by atoms with Gasteiger partial charge in [0.05, 0.1) is 11.8 Å². The molecule has 0 spiro atoms. The summed E-state index contributed by atoms with van der Waals surface area (Å²) in [5, 5.41) is 9.17. The van der Waals surface area contributed by atoms with Crippen molar-refractivity contribution in [3.05, 3.63) is 40.2 Å². The Hall–Kier alpha value is -2.41. The van der Waals surface area contributed by atoms with Crippen LogP contribution in [0.2, 0.25) is 0 Å². The van der Waals surface area contributed by atoms with Crippen LogP contribution in [0.4, 0.5) is 5.82 Å². The molecule has 1 unspecified atom stereocenters. The monoisotopic (exact) mass is 355 g/mol. The van der Waals surface area contributed by atoms with E-state index in [9.17, 15) is 4.79 Å². The van der Waals surface area contributed by atoms with Crippen LogP contribution in [0.5, 0.6) is 0 Å². The van der Waals surface area contributed by atoms with Crippen molar-refractivity contribution >= 4 is 34.1 Å². The van der Waals surface area contributed by atoms with Gasteiger partial charge in [0.25, 0.3) is 0 Å². The molecule has 0 aromatic carbocycles. The molecule has 0 bridgehead atoms. The average Bonchev–Trinajstić information content (AvgIpc) is 3.23. The van der Waals surface area contributed by atoms with E-state index >= 15 is 0 Å². The predicted octanol–water partition coefficient (Wildman–Crippen LogP) is 2.56. The minimum Gasteiger partial charge on any atom is -0.382 e. The van der Waals surface area contributed by atoms with E-state index in [1.165, 1.54) is 0 Å². The SMILES string of the molecule is Cn1nc(N)c2ccc(C3CCCN(C(=O)Cc4ccsc4)C3)nc21. The lowest BCUT2D eigenvalue weighted by molar-refractivity contribution is -0.131. The van der Waals surface area contributed by atoms with Gasteiger partial charge >= 0.3 is 0 Å². The number of rotatable bonds is 3. The van der Waals surface area contributed by atoms with Crippen molar-refractivity contribution in [3.8, 4) is 0 Å². The van der Waals surface area contributed by atoms with E-state index in [4.69, 9.17) is 10.7 Å². The Bertz CT molecular complexity index is 902. The van der Waals surface area contributed by atoms with Gasteiger partial charge in [0, 0.05) is 31.7 Å². The van der Waals surface area contributed by atoms with Crippen LogP contribution in [0, 0.1) is 0 Å².